The van der Waals surface area contributed by atoms with Gasteiger partial charge in [-0.2, -0.15) is 0 Å². The van der Waals surface area contributed by atoms with E-state index in [4.69, 9.17) is 0 Å². The molecule has 0 bridgehead atoms. The first-order chi connectivity index (χ1) is 13.0. The average Bonchev–Trinajstić information content (AvgIpc) is 2.98. The molecular formula is C21H20N4O2. The van der Waals surface area contributed by atoms with Crippen LogP contribution in [0.4, 0.5) is 0 Å². The summed E-state index contributed by atoms with van der Waals surface area (Å²) in [6.45, 7) is 4.78. The molecule has 0 radical (unpaired) electrons. The lowest BCUT2D eigenvalue weighted by atomic mass is 10.1. The lowest BCUT2D eigenvalue weighted by Gasteiger charge is -2.10. The molecule has 2 aromatic heterocycles. The number of rotatable bonds is 4. The van der Waals surface area contributed by atoms with E-state index in [1.807, 2.05) is 73.0 Å². The number of nitrogens with zero attached hydrogens (tertiary/aromatic N) is 3. The van der Waals surface area contributed by atoms with E-state index in [9.17, 15) is 9.59 Å². The molecule has 0 fully saturated rings. The molecule has 0 saturated heterocycles. The first-order valence-corrected chi connectivity index (χ1v) is 8.83. The highest BCUT2D eigenvalue weighted by Gasteiger charge is 2.17. The molecule has 0 atom stereocenters. The zero-order valence-electron chi connectivity index (χ0n) is 15.3. The first-order valence-electron chi connectivity index (χ1n) is 8.83. The van der Waals surface area contributed by atoms with Gasteiger partial charge in [-0.1, -0.05) is 54.6 Å². The van der Waals surface area contributed by atoms with Crippen LogP contribution in [0.5, 0.6) is 0 Å². The second-order valence-corrected chi connectivity index (χ2v) is 6.67. The molecule has 1 N–H and O–H groups in total. The van der Waals surface area contributed by atoms with Gasteiger partial charge < -0.3 is 4.57 Å². The molecule has 0 aliphatic heterocycles. The fourth-order valence-electron chi connectivity index (χ4n) is 3.35. The molecule has 0 aliphatic rings. The van der Waals surface area contributed by atoms with E-state index in [1.165, 1.54) is 4.57 Å². The Morgan fingerprint density at radius 2 is 1.59 bits per heavy atom. The predicted octanol–water partition coefficient (Wildman–Crippen LogP) is 2.60. The Morgan fingerprint density at radius 1 is 0.889 bits per heavy atom. The van der Waals surface area contributed by atoms with Crippen LogP contribution in [0, 0.1) is 13.8 Å². The monoisotopic (exact) mass is 360 g/mol. The quantitative estimate of drug-likeness (QED) is 0.608. The molecule has 6 nitrogen and oxygen atoms in total. The van der Waals surface area contributed by atoms with Crippen molar-refractivity contribution in [1.82, 2.24) is 19.1 Å². The Balaban J connectivity index is 1.89. The van der Waals surface area contributed by atoms with Crippen molar-refractivity contribution in [3.8, 4) is 0 Å². The standard InChI is InChI=1S/C21H20N4O2/c1-14-8-6-7-11-17(14)13-24-15(2)22-19-18(24)20(26)23-21(27)25(19)12-16-9-4-3-5-10-16/h3-11H,12-13H2,1-2H3,(H,23,26,27). The molecule has 4 aromatic rings. The number of aromatic nitrogens is 4. The van der Waals surface area contributed by atoms with E-state index in [0.717, 1.165) is 16.7 Å². The van der Waals surface area contributed by atoms with Crippen LogP contribution in [-0.2, 0) is 13.1 Å². The van der Waals surface area contributed by atoms with Crippen molar-refractivity contribution in [3.05, 3.63) is 98.0 Å². The second-order valence-electron chi connectivity index (χ2n) is 6.67. The van der Waals surface area contributed by atoms with Gasteiger partial charge in [-0.05, 0) is 30.5 Å². The molecule has 0 spiro atoms. The van der Waals surface area contributed by atoms with Gasteiger partial charge in [0.2, 0.25) is 0 Å². The van der Waals surface area contributed by atoms with Crippen LogP contribution >= 0.6 is 0 Å². The minimum absolute atomic E-state index is 0.355. The minimum Gasteiger partial charge on any atom is -0.318 e. The summed E-state index contributed by atoms with van der Waals surface area (Å²) in [4.78, 5) is 32.0. The van der Waals surface area contributed by atoms with Crippen molar-refractivity contribution in [2.24, 2.45) is 0 Å². The maximum Gasteiger partial charge on any atom is 0.330 e. The average molecular weight is 360 g/mol. The number of fused-ring (bicyclic) bond motifs is 1. The van der Waals surface area contributed by atoms with Gasteiger partial charge in [-0.15, -0.1) is 0 Å². The zero-order valence-corrected chi connectivity index (χ0v) is 15.3. The lowest BCUT2D eigenvalue weighted by molar-refractivity contribution is 0.744. The summed E-state index contributed by atoms with van der Waals surface area (Å²) in [6, 6.07) is 17.7. The normalized spacial score (nSPS) is 11.2. The minimum atomic E-state index is -0.447. The summed E-state index contributed by atoms with van der Waals surface area (Å²) in [5.41, 5.74) is 3.21. The third-order valence-electron chi connectivity index (χ3n) is 4.85. The molecular weight excluding hydrogens is 340 g/mol. The number of benzene rings is 2. The summed E-state index contributed by atoms with van der Waals surface area (Å²) in [6.07, 6.45) is 0. The molecule has 136 valence electrons. The van der Waals surface area contributed by atoms with Crippen molar-refractivity contribution >= 4 is 11.2 Å². The molecule has 27 heavy (non-hydrogen) atoms. The van der Waals surface area contributed by atoms with Gasteiger partial charge in [-0.25, -0.2) is 9.78 Å². The van der Waals surface area contributed by atoms with E-state index in [0.29, 0.717) is 30.1 Å². The lowest BCUT2D eigenvalue weighted by Crippen LogP contribution is -2.31. The van der Waals surface area contributed by atoms with Crippen LogP contribution in [0.15, 0.2) is 64.2 Å². The fraction of sp³-hybridized carbons (Fsp3) is 0.190. The van der Waals surface area contributed by atoms with Gasteiger partial charge in [0, 0.05) is 6.54 Å². The fourth-order valence-corrected chi connectivity index (χ4v) is 3.35. The highest BCUT2D eigenvalue weighted by molar-refractivity contribution is 5.71. The van der Waals surface area contributed by atoms with Crippen LogP contribution in [0.25, 0.3) is 11.2 Å². The van der Waals surface area contributed by atoms with Gasteiger partial charge >= 0.3 is 5.69 Å². The maximum atomic E-state index is 12.6. The summed E-state index contributed by atoms with van der Waals surface area (Å²) < 4.78 is 3.39. The summed E-state index contributed by atoms with van der Waals surface area (Å²) >= 11 is 0. The third-order valence-corrected chi connectivity index (χ3v) is 4.85. The Morgan fingerprint density at radius 3 is 2.33 bits per heavy atom. The molecule has 2 heterocycles. The second kappa shape index (κ2) is 6.72. The molecule has 4 rings (SSSR count). The van der Waals surface area contributed by atoms with Gasteiger partial charge in [0.05, 0.1) is 6.54 Å². The number of imidazole rings is 1. The molecule has 0 saturated carbocycles. The van der Waals surface area contributed by atoms with Crippen molar-refractivity contribution < 1.29 is 0 Å². The van der Waals surface area contributed by atoms with Crippen molar-refractivity contribution in [2.45, 2.75) is 26.9 Å². The summed E-state index contributed by atoms with van der Waals surface area (Å²) in [7, 11) is 0. The molecule has 2 aromatic carbocycles. The highest BCUT2D eigenvalue weighted by atomic mass is 16.2. The van der Waals surface area contributed by atoms with Crippen molar-refractivity contribution in [1.29, 1.82) is 0 Å². The number of hydrogen-bond acceptors (Lipinski definition) is 3. The van der Waals surface area contributed by atoms with Gasteiger partial charge in [0.15, 0.2) is 11.2 Å². The molecule has 0 amide bonds. The van der Waals surface area contributed by atoms with E-state index < -0.39 is 11.2 Å². The summed E-state index contributed by atoms with van der Waals surface area (Å²) in [5, 5.41) is 0. The van der Waals surface area contributed by atoms with E-state index in [1.54, 1.807) is 0 Å². The van der Waals surface area contributed by atoms with Crippen molar-refractivity contribution in [3.63, 3.8) is 0 Å². The molecule has 0 aliphatic carbocycles. The predicted molar refractivity (Wildman–Crippen MR) is 105 cm³/mol. The van der Waals surface area contributed by atoms with Crippen LogP contribution in [-0.4, -0.2) is 19.1 Å². The van der Waals surface area contributed by atoms with Crippen LogP contribution < -0.4 is 11.2 Å². The van der Waals surface area contributed by atoms with Gasteiger partial charge in [-0.3, -0.25) is 14.3 Å². The number of H-pyrrole nitrogens is 1. The molecule has 6 heteroatoms. The number of hydrogen-bond donors (Lipinski definition) is 1. The van der Waals surface area contributed by atoms with Gasteiger partial charge in [0.25, 0.3) is 5.56 Å². The van der Waals surface area contributed by atoms with Crippen LogP contribution in [0.2, 0.25) is 0 Å². The van der Waals surface area contributed by atoms with E-state index >= 15 is 0 Å². The smallest absolute Gasteiger partial charge is 0.318 e. The van der Waals surface area contributed by atoms with Crippen LogP contribution in [0.1, 0.15) is 22.5 Å². The van der Waals surface area contributed by atoms with E-state index in [-0.39, 0.29) is 0 Å². The first kappa shape index (κ1) is 17.0. The maximum absolute atomic E-state index is 12.6. The Bertz CT molecular complexity index is 1230. The number of nitrogens with one attached hydrogen (secondary N) is 1. The van der Waals surface area contributed by atoms with Crippen LogP contribution in [0.3, 0.4) is 0 Å². The van der Waals surface area contributed by atoms with E-state index in [2.05, 4.69) is 9.97 Å². The molecule has 0 unspecified atom stereocenters. The zero-order chi connectivity index (χ0) is 19.0. The topological polar surface area (TPSA) is 72.7 Å². The SMILES string of the molecule is Cc1ccccc1Cn1c(C)nc2c1c(=O)[nH]c(=O)n2Cc1ccccc1. The Kier molecular flexibility index (Phi) is 4.24. The number of aryl methyl sites for hydroxylation is 2. The highest BCUT2D eigenvalue weighted by Crippen LogP contribution is 2.16. The number of aromatic amines is 1. The Labute approximate surface area is 155 Å². The Hall–Kier alpha value is -3.41. The largest absolute Gasteiger partial charge is 0.330 e. The summed E-state index contributed by atoms with van der Waals surface area (Å²) in [5.74, 6) is 0.700. The van der Waals surface area contributed by atoms with Crippen molar-refractivity contribution in [2.75, 3.05) is 0 Å². The van der Waals surface area contributed by atoms with Gasteiger partial charge in [0.1, 0.15) is 5.82 Å². The third kappa shape index (κ3) is 3.10.